The molecule has 1 heterocycles. The van der Waals surface area contributed by atoms with Crippen LogP contribution < -0.4 is 0 Å². The van der Waals surface area contributed by atoms with Crippen LogP contribution in [0, 0.1) is 0 Å². The molecule has 0 radical (unpaired) electrons. The van der Waals surface area contributed by atoms with Crippen molar-refractivity contribution in [1.29, 1.82) is 0 Å². The van der Waals surface area contributed by atoms with Gasteiger partial charge in [0.25, 0.3) is 5.89 Å². The lowest BCUT2D eigenvalue weighted by Crippen LogP contribution is -1.82. The fourth-order valence-corrected chi connectivity index (χ4v) is 2.24. The molecular weight excluding hydrogens is 335 g/mol. The summed E-state index contributed by atoms with van der Waals surface area (Å²) in [7, 11) is 0. The smallest absolute Gasteiger partial charge is 0.261 e. The molecule has 106 valence electrons. The lowest BCUT2D eigenvalue weighted by molar-refractivity contribution is 0.426. The van der Waals surface area contributed by atoms with Crippen molar-refractivity contribution in [2.24, 2.45) is 0 Å². The van der Waals surface area contributed by atoms with Gasteiger partial charge in [0.1, 0.15) is 5.75 Å². The number of phenols is 1. The Balaban J connectivity index is 2.01. The second-order valence-electron chi connectivity index (χ2n) is 4.21. The van der Waals surface area contributed by atoms with E-state index >= 15 is 0 Å². The summed E-state index contributed by atoms with van der Waals surface area (Å²) in [4.78, 5) is 4.23. The Morgan fingerprint density at radius 1 is 0.952 bits per heavy atom. The van der Waals surface area contributed by atoms with E-state index in [4.69, 9.17) is 39.3 Å². The van der Waals surface area contributed by atoms with Gasteiger partial charge >= 0.3 is 0 Å². The Labute approximate surface area is 134 Å². The van der Waals surface area contributed by atoms with Crippen LogP contribution in [0.5, 0.6) is 5.75 Å². The Bertz CT molecular complexity index is 818. The second kappa shape index (κ2) is 5.56. The van der Waals surface area contributed by atoms with E-state index in [1.165, 1.54) is 6.07 Å². The third kappa shape index (κ3) is 2.83. The highest BCUT2D eigenvalue weighted by molar-refractivity contribution is 6.42. The third-order valence-corrected chi connectivity index (χ3v) is 3.77. The summed E-state index contributed by atoms with van der Waals surface area (Å²) in [5.74, 6) is 0.495. The zero-order chi connectivity index (χ0) is 15.0. The first-order chi connectivity index (χ1) is 10.0. The number of benzene rings is 2. The molecule has 0 saturated carbocycles. The zero-order valence-corrected chi connectivity index (χ0v) is 12.6. The molecule has 0 aliphatic heterocycles. The molecule has 3 aromatic rings. The predicted molar refractivity (Wildman–Crippen MR) is 81.9 cm³/mol. The molecule has 0 bridgehead atoms. The number of rotatable bonds is 2. The van der Waals surface area contributed by atoms with Crippen LogP contribution in [0.25, 0.3) is 22.8 Å². The van der Waals surface area contributed by atoms with Crippen LogP contribution in [0.2, 0.25) is 15.1 Å². The van der Waals surface area contributed by atoms with Gasteiger partial charge in [-0.25, -0.2) is 0 Å². The molecule has 0 spiro atoms. The summed E-state index contributed by atoms with van der Waals surface area (Å²) < 4.78 is 5.16. The molecule has 0 aliphatic carbocycles. The molecular formula is C14H7Cl3N2O2. The van der Waals surface area contributed by atoms with Crippen LogP contribution in [0.3, 0.4) is 0 Å². The standard InChI is InChI=1S/C14H7Cl3N2O2/c15-8-2-3-9(12(20)6-8)14-18-13(19-21-14)7-1-4-10(16)11(17)5-7/h1-6,20H. The topological polar surface area (TPSA) is 59.2 Å². The normalized spacial score (nSPS) is 10.8. The monoisotopic (exact) mass is 340 g/mol. The maximum absolute atomic E-state index is 9.85. The first-order valence-electron chi connectivity index (χ1n) is 5.82. The predicted octanol–water partition coefficient (Wildman–Crippen LogP) is 5.07. The Hall–Kier alpha value is -1.75. The molecule has 0 unspecified atom stereocenters. The lowest BCUT2D eigenvalue weighted by Gasteiger charge is -1.99. The van der Waals surface area contributed by atoms with E-state index < -0.39 is 0 Å². The van der Waals surface area contributed by atoms with Crippen molar-refractivity contribution in [2.45, 2.75) is 0 Å². The molecule has 0 atom stereocenters. The van der Waals surface area contributed by atoms with Crippen molar-refractivity contribution in [3.63, 3.8) is 0 Å². The Morgan fingerprint density at radius 3 is 2.48 bits per heavy atom. The largest absolute Gasteiger partial charge is 0.507 e. The summed E-state index contributed by atoms with van der Waals surface area (Å²) in [6.07, 6.45) is 0. The molecule has 0 aliphatic rings. The summed E-state index contributed by atoms with van der Waals surface area (Å²) in [5, 5.41) is 15.0. The molecule has 7 heteroatoms. The zero-order valence-electron chi connectivity index (χ0n) is 10.3. The number of hydrogen-bond donors (Lipinski definition) is 1. The second-order valence-corrected chi connectivity index (χ2v) is 5.46. The third-order valence-electron chi connectivity index (χ3n) is 2.79. The van der Waals surface area contributed by atoms with Gasteiger partial charge in [-0.05, 0) is 36.4 Å². The van der Waals surface area contributed by atoms with E-state index in [1.807, 2.05) is 0 Å². The number of halogens is 3. The van der Waals surface area contributed by atoms with Gasteiger partial charge in [0, 0.05) is 10.6 Å². The van der Waals surface area contributed by atoms with Crippen molar-refractivity contribution in [3.8, 4) is 28.6 Å². The fraction of sp³-hybridized carbons (Fsp3) is 0. The Kier molecular flexibility index (Phi) is 3.76. The van der Waals surface area contributed by atoms with Gasteiger partial charge in [-0.15, -0.1) is 0 Å². The molecule has 0 saturated heterocycles. The van der Waals surface area contributed by atoms with Crippen LogP contribution in [0.15, 0.2) is 40.9 Å². The molecule has 2 aromatic carbocycles. The molecule has 21 heavy (non-hydrogen) atoms. The minimum absolute atomic E-state index is 0.0353. The lowest BCUT2D eigenvalue weighted by atomic mass is 10.2. The quantitative estimate of drug-likeness (QED) is 0.707. The van der Waals surface area contributed by atoms with Crippen LogP contribution in [-0.4, -0.2) is 15.2 Å². The van der Waals surface area contributed by atoms with Gasteiger partial charge in [-0.3, -0.25) is 0 Å². The summed E-state index contributed by atoms with van der Waals surface area (Å²) in [6.45, 7) is 0. The van der Waals surface area contributed by atoms with Crippen molar-refractivity contribution in [2.75, 3.05) is 0 Å². The first-order valence-corrected chi connectivity index (χ1v) is 6.96. The fourth-order valence-electron chi connectivity index (χ4n) is 1.77. The van der Waals surface area contributed by atoms with Gasteiger partial charge < -0.3 is 9.63 Å². The van der Waals surface area contributed by atoms with Gasteiger partial charge in [0.05, 0.1) is 15.6 Å². The molecule has 1 aromatic heterocycles. The van der Waals surface area contributed by atoms with Gasteiger partial charge in [0.15, 0.2) is 0 Å². The van der Waals surface area contributed by atoms with Crippen LogP contribution >= 0.6 is 34.8 Å². The highest BCUT2D eigenvalue weighted by Crippen LogP contribution is 2.32. The van der Waals surface area contributed by atoms with Crippen LogP contribution in [0.1, 0.15) is 0 Å². The minimum Gasteiger partial charge on any atom is -0.507 e. The number of aromatic nitrogens is 2. The molecule has 1 N–H and O–H groups in total. The molecule has 3 rings (SSSR count). The van der Waals surface area contributed by atoms with Crippen molar-refractivity contribution >= 4 is 34.8 Å². The number of aromatic hydroxyl groups is 1. The molecule has 4 nitrogen and oxygen atoms in total. The Morgan fingerprint density at radius 2 is 1.76 bits per heavy atom. The van der Waals surface area contributed by atoms with Crippen LogP contribution in [-0.2, 0) is 0 Å². The van der Waals surface area contributed by atoms with Gasteiger partial charge in [0.2, 0.25) is 5.82 Å². The van der Waals surface area contributed by atoms with E-state index in [2.05, 4.69) is 10.1 Å². The average Bonchev–Trinajstić information content (AvgIpc) is 2.91. The summed E-state index contributed by atoms with van der Waals surface area (Å²) in [5.41, 5.74) is 1.06. The van der Waals surface area contributed by atoms with E-state index in [9.17, 15) is 5.11 Å². The summed E-state index contributed by atoms with van der Waals surface area (Å²) in [6, 6.07) is 9.64. The van der Waals surface area contributed by atoms with Gasteiger partial charge in [-0.1, -0.05) is 40.0 Å². The molecule has 0 fully saturated rings. The van der Waals surface area contributed by atoms with Gasteiger partial charge in [-0.2, -0.15) is 4.98 Å². The number of phenolic OH excluding ortho intramolecular Hbond substituents is 1. The SMILES string of the molecule is Oc1cc(Cl)ccc1-c1nc(-c2ccc(Cl)c(Cl)c2)no1. The first kappa shape index (κ1) is 14.2. The number of nitrogens with zero attached hydrogens (tertiary/aromatic N) is 2. The average molecular weight is 342 g/mol. The van der Waals surface area contributed by atoms with E-state index in [-0.39, 0.29) is 11.6 Å². The minimum atomic E-state index is -0.0353. The van der Waals surface area contributed by atoms with E-state index in [0.29, 0.717) is 32.0 Å². The van der Waals surface area contributed by atoms with E-state index in [0.717, 1.165) is 0 Å². The molecule has 0 amide bonds. The summed E-state index contributed by atoms with van der Waals surface area (Å²) >= 11 is 17.6. The highest BCUT2D eigenvalue weighted by Gasteiger charge is 2.15. The van der Waals surface area contributed by atoms with Crippen LogP contribution in [0.4, 0.5) is 0 Å². The van der Waals surface area contributed by atoms with Crippen molar-refractivity contribution < 1.29 is 9.63 Å². The van der Waals surface area contributed by atoms with Crippen molar-refractivity contribution in [1.82, 2.24) is 10.1 Å². The maximum atomic E-state index is 9.85. The van der Waals surface area contributed by atoms with E-state index in [1.54, 1.807) is 30.3 Å². The number of hydrogen-bond acceptors (Lipinski definition) is 4. The maximum Gasteiger partial charge on any atom is 0.261 e. The van der Waals surface area contributed by atoms with Crippen molar-refractivity contribution in [3.05, 3.63) is 51.5 Å². The highest BCUT2D eigenvalue weighted by atomic mass is 35.5.